The molecule has 0 N–H and O–H groups in total. The fourth-order valence-electron chi connectivity index (χ4n) is 2.88. The molecular formula is C18H26Cl2N4O. The second-order valence-corrected chi connectivity index (χ2v) is 6.25. The number of aromatic nitrogens is 2. The van der Waals surface area contributed by atoms with Crippen LogP contribution in [-0.4, -0.2) is 59.4 Å². The lowest BCUT2D eigenvalue weighted by Gasteiger charge is -2.32. The molecule has 0 radical (unpaired) electrons. The van der Waals surface area contributed by atoms with E-state index in [1.807, 2.05) is 43.3 Å². The first kappa shape index (κ1) is 21.6. The molecule has 0 saturated carbocycles. The first-order valence-corrected chi connectivity index (χ1v) is 8.18. The highest BCUT2D eigenvalue weighted by molar-refractivity contribution is 5.85. The average Bonchev–Trinajstić information content (AvgIpc) is 2.58. The predicted octanol–water partition coefficient (Wildman–Crippen LogP) is 2.31. The molecule has 1 saturated heterocycles. The normalized spacial score (nSPS) is 15.3. The van der Waals surface area contributed by atoms with Gasteiger partial charge in [0.25, 0.3) is 5.56 Å². The molecule has 3 rings (SSSR count). The second kappa shape index (κ2) is 9.92. The van der Waals surface area contributed by atoms with Gasteiger partial charge in [-0.2, -0.15) is 5.10 Å². The van der Waals surface area contributed by atoms with Gasteiger partial charge in [0.15, 0.2) is 0 Å². The van der Waals surface area contributed by atoms with E-state index in [0.717, 1.165) is 49.5 Å². The van der Waals surface area contributed by atoms with Crippen molar-refractivity contribution in [1.29, 1.82) is 0 Å². The lowest BCUT2D eigenvalue weighted by Crippen LogP contribution is -2.46. The monoisotopic (exact) mass is 384 g/mol. The Morgan fingerprint density at radius 1 is 1.00 bits per heavy atom. The number of halogens is 2. The third-order valence-corrected chi connectivity index (χ3v) is 4.45. The molecule has 1 aliphatic heterocycles. The molecule has 138 valence electrons. The Balaban J connectivity index is 0.00000156. The number of piperazine rings is 1. The summed E-state index contributed by atoms with van der Waals surface area (Å²) in [6.07, 6.45) is 0. The van der Waals surface area contributed by atoms with E-state index in [1.165, 1.54) is 0 Å². The van der Waals surface area contributed by atoms with Crippen LogP contribution >= 0.6 is 24.8 Å². The Bertz CT molecular complexity index is 713. The van der Waals surface area contributed by atoms with Crippen LogP contribution in [0.3, 0.4) is 0 Å². The predicted molar refractivity (Wildman–Crippen MR) is 107 cm³/mol. The van der Waals surface area contributed by atoms with Gasteiger partial charge in [0.1, 0.15) is 0 Å². The van der Waals surface area contributed by atoms with Crippen LogP contribution in [0.15, 0.2) is 41.2 Å². The summed E-state index contributed by atoms with van der Waals surface area (Å²) in [6.45, 7) is 7.67. The SMILES string of the molecule is Cc1cc(-c2ccccc2)nn(CCN2CCN(C)CC2)c1=O.Cl.Cl. The number of aryl methyl sites for hydroxylation is 1. The molecule has 1 aromatic carbocycles. The second-order valence-electron chi connectivity index (χ2n) is 6.25. The molecule has 0 atom stereocenters. The van der Waals surface area contributed by atoms with Crippen molar-refractivity contribution >= 4 is 24.8 Å². The van der Waals surface area contributed by atoms with E-state index in [9.17, 15) is 4.79 Å². The average molecular weight is 385 g/mol. The molecule has 25 heavy (non-hydrogen) atoms. The van der Waals surface area contributed by atoms with Crippen molar-refractivity contribution in [3.63, 3.8) is 0 Å². The Morgan fingerprint density at radius 3 is 2.28 bits per heavy atom. The van der Waals surface area contributed by atoms with Crippen LogP contribution in [0.4, 0.5) is 0 Å². The standard InChI is InChI=1S/C18H24N4O.2ClH/c1-15-14-17(16-6-4-3-5-7-16)19-22(18(15)23)13-12-21-10-8-20(2)9-11-21;;/h3-7,14H,8-13H2,1-2H3;2*1H. The molecule has 7 heteroatoms. The minimum absolute atomic E-state index is 0. The zero-order valence-corrected chi connectivity index (χ0v) is 16.4. The number of likely N-dealkylation sites (N-methyl/N-ethyl adjacent to an activating group) is 1. The van der Waals surface area contributed by atoms with Crippen molar-refractivity contribution in [3.8, 4) is 11.3 Å². The summed E-state index contributed by atoms with van der Waals surface area (Å²) < 4.78 is 1.62. The van der Waals surface area contributed by atoms with Crippen LogP contribution < -0.4 is 5.56 Å². The Morgan fingerprint density at radius 2 is 1.64 bits per heavy atom. The molecule has 0 amide bonds. The molecule has 0 aliphatic carbocycles. The summed E-state index contributed by atoms with van der Waals surface area (Å²) in [5.74, 6) is 0. The van der Waals surface area contributed by atoms with E-state index in [4.69, 9.17) is 0 Å². The summed E-state index contributed by atoms with van der Waals surface area (Å²) in [4.78, 5) is 17.1. The van der Waals surface area contributed by atoms with Crippen LogP contribution in [0, 0.1) is 6.92 Å². The number of hydrogen-bond donors (Lipinski definition) is 0. The zero-order valence-electron chi connectivity index (χ0n) is 14.7. The highest BCUT2D eigenvalue weighted by Gasteiger charge is 2.14. The van der Waals surface area contributed by atoms with Gasteiger partial charge in [-0.1, -0.05) is 30.3 Å². The van der Waals surface area contributed by atoms with Crippen molar-refractivity contribution in [2.45, 2.75) is 13.5 Å². The van der Waals surface area contributed by atoms with Gasteiger partial charge < -0.3 is 4.90 Å². The largest absolute Gasteiger partial charge is 0.304 e. The van der Waals surface area contributed by atoms with E-state index in [0.29, 0.717) is 6.54 Å². The van der Waals surface area contributed by atoms with Gasteiger partial charge in [-0.05, 0) is 20.0 Å². The first-order valence-electron chi connectivity index (χ1n) is 8.18. The van der Waals surface area contributed by atoms with E-state index >= 15 is 0 Å². The number of nitrogens with zero attached hydrogens (tertiary/aromatic N) is 4. The molecule has 2 aromatic rings. The Kier molecular flexibility index (Phi) is 8.59. The molecule has 1 aromatic heterocycles. The van der Waals surface area contributed by atoms with Gasteiger partial charge in [-0.25, -0.2) is 4.68 Å². The molecule has 0 unspecified atom stereocenters. The number of rotatable bonds is 4. The van der Waals surface area contributed by atoms with Gasteiger partial charge in [-0.15, -0.1) is 24.8 Å². The van der Waals surface area contributed by atoms with Crippen molar-refractivity contribution in [2.75, 3.05) is 39.8 Å². The summed E-state index contributed by atoms with van der Waals surface area (Å²) in [6, 6.07) is 11.9. The van der Waals surface area contributed by atoms with Gasteiger partial charge in [0, 0.05) is 43.9 Å². The Hall–Kier alpha value is -1.40. The lowest BCUT2D eigenvalue weighted by atomic mass is 10.1. The minimum Gasteiger partial charge on any atom is -0.304 e. The molecular weight excluding hydrogens is 359 g/mol. The highest BCUT2D eigenvalue weighted by atomic mass is 35.5. The summed E-state index contributed by atoms with van der Waals surface area (Å²) in [7, 11) is 2.15. The molecule has 1 aliphatic rings. The third kappa shape index (κ3) is 5.54. The fraction of sp³-hybridized carbons (Fsp3) is 0.444. The summed E-state index contributed by atoms with van der Waals surface area (Å²) in [5.41, 5.74) is 2.67. The maximum absolute atomic E-state index is 12.4. The van der Waals surface area contributed by atoms with E-state index in [-0.39, 0.29) is 30.4 Å². The van der Waals surface area contributed by atoms with Gasteiger partial charge >= 0.3 is 0 Å². The molecule has 0 spiro atoms. The summed E-state index contributed by atoms with van der Waals surface area (Å²) >= 11 is 0. The van der Waals surface area contributed by atoms with Gasteiger partial charge in [0.05, 0.1) is 12.2 Å². The van der Waals surface area contributed by atoms with Crippen molar-refractivity contribution < 1.29 is 0 Å². The summed E-state index contributed by atoms with van der Waals surface area (Å²) in [5, 5.41) is 4.57. The van der Waals surface area contributed by atoms with Crippen molar-refractivity contribution in [1.82, 2.24) is 19.6 Å². The smallest absolute Gasteiger partial charge is 0.269 e. The van der Waals surface area contributed by atoms with E-state index in [1.54, 1.807) is 4.68 Å². The minimum atomic E-state index is 0. The number of hydrogen-bond acceptors (Lipinski definition) is 4. The van der Waals surface area contributed by atoms with Crippen LogP contribution in [0.1, 0.15) is 5.56 Å². The van der Waals surface area contributed by atoms with Crippen molar-refractivity contribution in [3.05, 3.63) is 52.3 Å². The number of benzene rings is 1. The quantitative estimate of drug-likeness (QED) is 0.810. The molecule has 1 fully saturated rings. The third-order valence-electron chi connectivity index (χ3n) is 4.45. The van der Waals surface area contributed by atoms with Gasteiger partial charge in [0.2, 0.25) is 0 Å². The fourth-order valence-corrected chi connectivity index (χ4v) is 2.88. The zero-order chi connectivity index (χ0) is 16.2. The van der Waals surface area contributed by atoms with Crippen LogP contribution in [0.2, 0.25) is 0 Å². The van der Waals surface area contributed by atoms with Crippen LogP contribution in [0.25, 0.3) is 11.3 Å². The molecule has 0 bridgehead atoms. The molecule has 5 nitrogen and oxygen atoms in total. The highest BCUT2D eigenvalue weighted by Crippen LogP contribution is 2.15. The maximum atomic E-state index is 12.4. The lowest BCUT2D eigenvalue weighted by molar-refractivity contribution is 0.148. The van der Waals surface area contributed by atoms with E-state index in [2.05, 4.69) is 21.9 Å². The van der Waals surface area contributed by atoms with Crippen molar-refractivity contribution in [2.24, 2.45) is 0 Å². The topological polar surface area (TPSA) is 41.4 Å². The Labute approximate surface area is 161 Å². The van der Waals surface area contributed by atoms with E-state index < -0.39 is 0 Å². The van der Waals surface area contributed by atoms with Crippen LogP contribution in [-0.2, 0) is 6.54 Å². The first-order chi connectivity index (χ1) is 11.1. The maximum Gasteiger partial charge on any atom is 0.269 e. The molecule has 2 heterocycles. The van der Waals surface area contributed by atoms with Gasteiger partial charge in [-0.3, -0.25) is 9.69 Å². The van der Waals surface area contributed by atoms with Crippen LogP contribution in [0.5, 0.6) is 0 Å².